The van der Waals surface area contributed by atoms with Crippen LogP contribution in [0.1, 0.15) is 27.6 Å². The smallest absolute Gasteiger partial charge is 0.272 e. The van der Waals surface area contributed by atoms with Crippen LogP contribution in [0.5, 0.6) is 5.75 Å². The van der Waals surface area contributed by atoms with E-state index in [-0.39, 0.29) is 21.7 Å². The molecule has 0 aliphatic carbocycles. The fourth-order valence-electron chi connectivity index (χ4n) is 2.68. The number of halogens is 1. The number of hydrogen-bond donors (Lipinski definition) is 3. The predicted molar refractivity (Wildman–Crippen MR) is 116 cm³/mol. The third-order valence-corrected chi connectivity index (χ3v) is 5.65. The van der Waals surface area contributed by atoms with Crippen LogP contribution < -0.4 is 20.3 Å². The molecular formula is C22H20FN3O5S. The van der Waals surface area contributed by atoms with Crippen LogP contribution in [0, 0.1) is 5.82 Å². The Morgan fingerprint density at radius 1 is 0.875 bits per heavy atom. The minimum Gasteiger partial charge on any atom is -0.494 e. The molecule has 3 rings (SSSR count). The average molecular weight is 457 g/mol. The summed E-state index contributed by atoms with van der Waals surface area (Å²) >= 11 is 0. The second kappa shape index (κ2) is 9.92. The Morgan fingerprint density at radius 3 is 2.12 bits per heavy atom. The van der Waals surface area contributed by atoms with E-state index in [4.69, 9.17) is 4.74 Å². The van der Waals surface area contributed by atoms with E-state index in [1.165, 1.54) is 54.6 Å². The maximum atomic E-state index is 13.6. The van der Waals surface area contributed by atoms with Gasteiger partial charge in [0.05, 0.1) is 17.1 Å². The highest BCUT2D eigenvalue weighted by Crippen LogP contribution is 2.19. The summed E-state index contributed by atoms with van der Waals surface area (Å²) in [5.41, 5.74) is 4.48. The van der Waals surface area contributed by atoms with Crippen LogP contribution >= 0.6 is 0 Å². The number of anilines is 1. The van der Waals surface area contributed by atoms with E-state index in [0.717, 1.165) is 6.07 Å². The van der Waals surface area contributed by atoms with E-state index >= 15 is 0 Å². The topological polar surface area (TPSA) is 114 Å². The zero-order valence-corrected chi connectivity index (χ0v) is 17.8. The van der Waals surface area contributed by atoms with Gasteiger partial charge in [-0.25, -0.2) is 12.8 Å². The quantitative estimate of drug-likeness (QED) is 0.472. The third kappa shape index (κ3) is 5.61. The molecule has 0 radical (unpaired) electrons. The summed E-state index contributed by atoms with van der Waals surface area (Å²) in [4.78, 5) is 24.2. The fraction of sp³-hybridized carbons (Fsp3) is 0.0909. The lowest BCUT2D eigenvalue weighted by Gasteiger charge is -2.10. The number of hydrazine groups is 1. The van der Waals surface area contributed by atoms with Gasteiger partial charge in [0, 0.05) is 11.3 Å². The number of sulfonamides is 1. The second-order valence-electron chi connectivity index (χ2n) is 6.48. The predicted octanol–water partition coefficient (Wildman–Crippen LogP) is 3.10. The molecule has 0 bridgehead atoms. The van der Waals surface area contributed by atoms with Crippen LogP contribution in [-0.2, 0) is 10.0 Å². The number of benzene rings is 3. The van der Waals surface area contributed by atoms with Gasteiger partial charge in [-0.2, -0.15) is 0 Å². The Kier molecular flexibility index (Phi) is 7.06. The first-order valence-electron chi connectivity index (χ1n) is 9.51. The van der Waals surface area contributed by atoms with Crippen LogP contribution in [0.3, 0.4) is 0 Å². The zero-order chi connectivity index (χ0) is 23.1. The molecule has 3 N–H and O–H groups in total. The van der Waals surface area contributed by atoms with Crippen LogP contribution in [-0.4, -0.2) is 26.8 Å². The molecule has 0 aromatic heterocycles. The van der Waals surface area contributed by atoms with Crippen molar-refractivity contribution >= 4 is 27.5 Å². The van der Waals surface area contributed by atoms with Crippen molar-refractivity contribution in [3.8, 4) is 5.75 Å². The Labute approximate surface area is 184 Å². The van der Waals surface area contributed by atoms with Gasteiger partial charge in [0.15, 0.2) is 0 Å². The van der Waals surface area contributed by atoms with Crippen LogP contribution in [0.2, 0.25) is 0 Å². The molecule has 0 spiro atoms. The highest BCUT2D eigenvalue weighted by atomic mass is 32.2. The van der Waals surface area contributed by atoms with Gasteiger partial charge in [-0.3, -0.25) is 25.2 Å². The summed E-state index contributed by atoms with van der Waals surface area (Å²) in [7, 11) is -3.83. The highest BCUT2D eigenvalue weighted by Gasteiger charge is 2.16. The lowest BCUT2D eigenvalue weighted by atomic mass is 10.2. The zero-order valence-electron chi connectivity index (χ0n) is 17.0. The van der Waals surface area contributed by atoms with Gasteiger partial charge in [-0.1, -0.05) is 12.1 Å². The first-order chi connectivity index (χ1) is 15.3. The molecule has 0 aliphatic rings. The van der Waals surface area contributed by atoms with Gasteiger partial charge in [0.25, 0.3) is 21.8 Å². The molecule has 0 saturated heterocycles. The van der Waals surface area contributed by atoms with Crippen molar-refractivity contribution in [2.75, 3.05) is 11.3 Å². The molecule has 10 heteroatoms. The van der Waals surface area contributed by atoms with Gasteiger partial charge in [0.2, 0.25) is 0 Å². The summed E-state index contributed by atoms with van der Waals surface area (Å²) in [5, 5.41) is 0. The van der Waals surface area contributed by atoms with Crippen molar-refractivity contribution < 1.29 is 27.1 Å². The minimum atomic E-state index is -3.83. The Hall–Kier alpha value is -3.92. The third-order valence-electron chi connectivity index (χ3n) is 4.25. The summed E-state index contributed by atoms with van der Waals surface area (Å²) in [6.45, 7) is 2.30. The van der Waals surface area contributed by atoms with Crippen molar-refractivity contribution in [1.82, 2.24) is 10.9 Å². The monoisotopic (exact) mass is 457 g/mol. The molecule has 0 fully saturated rings. The fourth-order valence-corrected chi connectivity index (χ4v) is 3.74. The van der Waals surface area contributed by atoms with Gasteiger partial charge < -0.3 is 4.74 Å². The van der Waals surface area contributed by atoms with Crippen molar-refractivity contribution in [1.29, 1.82) is 0 Å². The summed E-state index contributed by atoms with van der Waals surface area (Å²) < 4.78 is 46.4. The summed E-state index contributed by atoms with van der Waals surface area (Å²) in [6, 6.07) is 16.9. The van der Waals surface area contributed by atoms with Gasteiger partial charge in [-0.15, -0.1) is 0 Å². The molecule has 0 unspecified atom stereocenters. The second-order valence-corrected chi connectivity index (χ2v) is 8.16. The maximum absolute atomic E-state index is 13.6. The molecule has 0 aliphatic heterocycles. The van der Waals surface area contributed by atoms with E-state index in [1.54, 1.807) is 12.1 Å². The number of carbonyl (C=O) groups excluding carboxylic acids is 2. The molecule has 32 heavy (non-hydrogen) atoms. The van der Waals surface area contributed by atoms with Gasteiger partial charge in [0.1, 0.15) is 11.6 Å². The van der Waals surface area contributed by atoms with Crippen molar-refractivity contribution in [2.45, 2.75) is 11.8 Å². The van der Waals surface area contributed by atoms with Crippen molar-refractivity contribution in [3.05, 3.63) is 89.7 Å². The molecular weight excluding hydrogens is 437 g/mol. The summed E-state index contributed by atoms with van der Waals surface area (Å²) in [6.07, 6.45) is 0. The molecule has 2 amide bonds. The Morgan fingerprint density at radius 2 is 1.50 bits per heavy atom. The van der Waals surface area contributed by atoms with E-state index in [9.17, 15) is 22.4 Å². The van der Waals surface area contributed by atoms with Crippen LogP contribution in [0.4, 0.5) is 10.1 Å². The number of rotatable bonds is 7. The lowest BCUT2D eigenvalue weighted by Crippen LogP contribution is -2.41. The number of amides is 2. The van der Waals surface area contributed by atoms with Crippen molar-refractivity contribution in [3.63, 3.8) is 0 Å². The van der Waals surface area contributed by atoms with Gasteiger partial charge in [-0.05, 0) is 67.6 Å². The molecule has 8 nitrogen and oxygen atoms in total. The van der Waals surface area contributed by atoms with E-state index in [2.05, 4.69) is 15.6 Å². The number of nitrogens with one attached hydrogen (secondary N) is 3. The standard InChI is InChI=1S/C22H20FN3O5S/c1-2-31-17-11-13-18(14-12-17)32(29,30)26-16-9-7-15(8-10-16)21(27)24-25-22(28)19-5-3-4-6-20(19)23/h3-14,26H,2H2,1H3,(H,24,27)(H,25,28). The minimum absolute atomic E-state index is 0.0543. The molecule has 0 saturated carbocycles. The van der Waals surface area contributed by atoms with E-state index in [0.29, 0.717) is 12.4 Å². The first kappa shape index (κ1) is 22.8. The van der Waals surface area contributed by atoms with Crippen LogP contribution in [0.15, 0.2) is 77.7 Å². The average Bonchev–Trinajstić information content (AvgIpc) is 2.78. The first-order valence-corrected chi connectivity index (χ1v) is 11.0. The van der Waals surface area contributed by atoms with Crippen LogP contribution in [0.25, 0.3) is 0 Å². The SMILES string of the molecule is CCOc1ccc(S(=O)(=O)Nc2ccc(C(=O)NNC(=O)c3ccccc3F)cc2)cc1. The number of ether oxygens (including phenoxy) is 1. The lowest BCUT2D eigenvalue weighted by molar-refractivity contribution is 0.0844. The Balaban J connectivity index is 1.61. The molecule has 0 heterocycles. The number of carbonyl (C=O) groups is 2. The maximum Gasteiger partial charge on any atom is 0.272 e. The van der Waals surface area contributed by atoms with Gasteiger partial charge >= 0.3 is 0 Å². The normalized spacial score (nSPS) is 10.8. The Bertz CT molecular complexity index is 1210. The molecule has 3 aromatic rings. The highest BCUT2D eigenvalue weighted by molar-refractivity contribution is 7.92. The molecule has 166 valence electrons. The number of hydrogen-bond acceptors (Lipinski definition) is 5. The summed E-state index contributed by atoms with van der Waals surface area (Å²) in [5.74, 6) is -1.63. The molecule has 0 atom stereocenters. The largest absolute Gasteiger partial charge is 0.494 e. The van der Waals surface area contributed by atoms with Crippen molar-refractivity contribution in [2.24, 2.45) is 0 Å². The van der Waals surface area contributed by atoms with E-state index in [1.807, 2.05) is 6.92 Å². The molecule has 3 aromatic carbocycles. The van der Waals surface area contributed by atoms with E-state index < -0.39 is 27.7 Å².